The van der Waals surface area contributed by atoms with Gasteiger partial charge in [0.1, 0.15) is 17.9 Å². The van der Waals surface area contributed by atoms with E-state index in [4.69, 9.17) is 74.6 Å². The third kappa shape index (κ3) is 21.6. The van der Waals surface area contributed by atoms with Crippen LogP contribution in [0.2, 0.25) is 5.28 Å². The summed E-state index contributed by atoms with van der Waals surface area (Å²) in [6.07, 6.45) is 11.2. The monoisotopic (exact) mass is 920 g/mol. The summed E-state index contributed by atoms with van der Waals surface area (Å²) in [6.45, 7) is 12.0. The van der Waals surface area contributed by atoms with Crippen LogP contribution in [0.5, 0.6) is 0 Å². The molecule has 22 heteroatoms. The van der Waals surface area contributed by atoms with Crippen molar-refractivity contribution in [2.24, 2.45) is 21.9 Å². The summed E-state index contributed by atoms with van der Waals surface area (Å²) < 4.78 is 58.2. The molecule has 0 spiro atoms. The molecule has 2 aromatic rings. The van der Waals surface area contributed by atoms with Crippen molar-refractivity contribution in [2.45, 2.75) is 70.6 Å². The van der Waals surface area contributed by atoms with E-state index < -0.39 is 8.38 Å². The van der Waals surface area contributed by atoms with Gasteiger partial charge in [0.05, 0.1) is 130 Å². The van der Waals surface area contributed by atoms with Gasteiger partial charge >= 0.3 is 0 Å². The first-order valence-corrected chi connectivity index (χ1v) is 23.7. The highest BCUT2D eigenvalue weighted by Gasteiger charge is 2.30. The van der Waals surface area contributed by atoms with E-state index in [9.17, 15) is 0 Å². The van der Waals surface area contributed by atoms with Gasteiger partial charge in [-0.3, -0.25) is 4.99 Å². The van der Waals surface area contributed by atoms with Crippen molar-refractivity contribution in [1.29, 1.82) is 0 Å². The molecule has 2 aliphatic rings. The van der Waals surface area contributed by atoms with E-state index in [0.29, 0.717) is 129 Å². The predicted molar refractivity (Wildman–Crippen MR) is 236 cm³/mol. The Labute approximate surface area is 371 Å². The van der Waals surface area contributed by atoms with Gasteiger partial charge in [0, 0.05) is 25.9 Å². The van der Waals surface area contributed by atoms with Gasteiger partial charge < -0.3 is 67.9 Å². The lowest BCUT2D eigenvalue weighted by atomic mass is 10.1. The smallest absolute Gasteiger partial charge is 0.226 e. The minimum Gasteiger partial charge on any atom is -0.379 e. The Kier molecular flexibility index (Phi) is 28.1. The van der Waals surface area contributed by atoms with Crippen molar-refractivity contribution < 1.29 is 57.2 Å². The van der Waals surface area contributed by atoms with Crippen LogP contribution in [0, 0.1) is 5.92 Å². The number of aromatic nitrogens is 4. The molecule has 1 aliphatic heterocycles. The van der Waals surface area contributed by atoms with Gasteiger partial charge in [-0.15, -0.1) is 0 Å². The molecule has 0 aromatic carbocycles. The van der Waals surface area contributed by atoms with E-state index in [1.165, 1.54) is 25.7 Å². The number of aliphatic imine (C=N–C) groups is 1. The number of fused-ring (bicyclic) bond motifs is 1. The molecule has 62 heavy (non-hydrogen) atoms. The molecule has 1 saturated carbocycles. The molecule has 0 amide bonds. The molecular weight excluding hydrogens is 851 g/mol. The molecule has 354 valence electrons. The van der Waals surface area contributed by atoms with Crippen LogP contribution in [0.3, 0.4) is 0 Å². The molecule has 1 aliphatic carbocycles. The Hall–Kier alpha value is -2.27. The standard InChI is InChI=1S/C40H70ClN8O12P/c1-2-3-12-52-15-18-55-21-22-56-19-16-53-13-10-43-27-34(47-42)30-59-26-25-58-24-23-57-20-17-54-14-11-48(29-33-6-4-5-7-33)38-36-28-44-49(39(36)46-40(41)45-38)37-9-8-35(61-37)31-60-32-62(50)51/h27-28,33,35,37,50-51H,2-26,29-32,42H2,1H3/b43-27?,47-34+. The fraction of sp³-hybridized carbons (Fsp3) is 0.825. The molecule has 4 N–H and O–H groups in total. The van der Waals surface area contributed by atoms with Crippen LogP contribution in [-0.4, -0.2) is 186 Å². The maximum absolute atomic E-state index is 9.13. The van der Waals surface area contributed by atoms with Gasteiger partial charge in [-0.2, -0.15) is 20.2 Å². The number of hydrogen-bond donors (Lipinski definition) is 3. The van der Waals surface area contributed by atoms with Crippen LogP contribution in [0.25, 0.3) is 11.0 Å². The molecule has 1 saturated heterocycles. The van der Waals surface area contributed by atoms with Gasteiger partial charge in [-0.1, -0.05) is 26.2 Å². The molecular formula is C40H70ClN8O12P. The highest BCUT2D eigenvalue weighted by atomic mass is 35.5. The Balaban J connectivity index is 1.02. The number of anilines is 1. The molecule has 20 nitrogen and oxygen atoms in total. The fourth-order valence-electron chi connectivity index (χ4n) is 6.79. The Bertz CT molecular complexity index is 1510. The van der Waals surface area contributed by atoms with Crippen LogP contribution < -0.4 is 10.7 Å². The topological polar surface area (TPSA) is 230 Å². The first kappa shape index (κ1) is 52.4. The SMILES string of the molecule is CCCCOCCOCCOCCOCCN=C/C(COCCOCCOCCOCCN(CC1CCCC1)c1nc(Cl)nc2c1cnn2C1CCC(COCP(O)O)O1)=N\N. The van der Waals surface area contributed by atoms with Crippen LogP contribution in [0.15, 0.2) is 16.3 Å². The van der Waals surface area contributed by atoms with Crippen molar-refractivity contribution in [3.05, 3.63) is 11.5 Å². The van der Waals surface area contributed by atoms with E-state index in [2.05, 4.69) is 37.0 Å². The number of unbranched alkanes of at least 4 members (excludes halogenated alkanes) is 1. The predicted octanol–water partition coefficient (Wildman–Crippen LogP) is 3.74. The summed E-state index contributed by atoms with van der Waals surface area (Å²) in [5.74, 6) is 6.77. The maximum Gasteiger partial charge on any atom is 0.226 e. The number of ether oxygens (including phenoxy) is 10. The van der Waals surface area contributed by atoms with E-state index >= 15 is 0 Å². The van der Waals surface area contributed by atoms with Crippen molar-refractivity contribution in [2.75, 3.05) is 143 Å². The molecule has 2 unspecified atom stereocenters. The lowest BCUT2D eigenvalue weighted by Gasteiger charge is -2.27. The Morgan fingerprint density at radius 1 is 0.839 bits per heavy atom. The van der Waals surface area contributed by atoms with Crippen molar-refractivity contribution in [1.82, 2.24) is 19.7 Å². The Morgan fingerprint density at radius 3 is 2.08 bits per heavy atom. The minimum absolute atomic E-state index is 0.104. The van der Waals surface area contributed by atoms with Gasteiger partial charge in [0.15, 0.2) is 20.3 Å². The second kappa shape index (κ2) is 33.2. The van der Waals surface area contributed by atoms with Gasteiger partial charge in [-0.05, 0) is 49.6 Å². The van der Waals surface area contributed by atoms with Crippen LogP contribution in [-0.2, 0) is 47.4 Å². The van der Waals surface area contributed by atoms with Gasteiger partial charge in [0.25, 0.3) is 0 Å². The number of nitrogens with zero attached hydrogens (tertiary/aromatic N) is 7. The molecule has 2 fully saturated rings. The zero-order chi connectivity index (χ0) is 43.9. The number of nitrogens with two attached hydrogens (primary N) is 1. The number of halogens is 1. The zero-order valence-electron chi connectivity index (χ0n) is 36.4. The van der Waals surface area contributed by atoms with Crippen molar-refractivity contribution >= 4 is 48.8 Å². The van der Waals surface area contributed by atoms with Crippen LogP contribution in [0.4, 0.5) is 5.82 Å². The second-order valence-corrected chi connectivity index (χ2v) is 16.1. The van der Waals surface area contributed by atoms with E-state index in [0.717, 1.165) is 43.6 Å². The second-order valence-electron chi connectivity index (χ2n) is 14.7. The van der Waals surface area contributed by atoms with Crippen LogP contribution in [0.1, 0.15) is 64.5 Å². The highest BCUT2D eigenvalue weighted by molar-refractivity contribution is 7.44. The average molecular weight is 921 g/mol. The van der Waals surface area contributed by atoms with E-state index in [1.54, 1.807) is 17.1 Å². The normalized spacial score (nSPS) is 17.5. The summed E-state index contributed by atoms with van der Waals surface area (Å²) in [4.78, 5) is 34.0. The lowest BCUT2D eigenvalue weighted by molar-refractivity contribution is -0.0384. The fourth-order valence-corrected chi connectivity index (χ4v) is 7.22. The van der Waals surface area contributed by atoms with Gasteiger partial charge in [-0.25, -0.2) is 4.68 Å². The largest absolute Gasteiger partial charge is 0.379 e. The molecule has 4 rings (SSSR count). The third-order valence-electron chi connectivity index (χ3n) is 9.93. The van der Waals surface area contributed by atoms with E-state index in [-0.39, 0.29) is 37.2 Å². The summed E-state index contributed by atoms with van der Waals surface area (Å²) in [5.41, 5.74) is 1.13. The summed E-state index contributed by atoms with van der Waals surface area (Å²) in [6, 6.07) is 0. The third-order valence-corrected chi connectivity index (χ3v) is 10.5. The molecule has 2 atom stereocenters. The first-order valence-electron chi connectivity index (χ1n) is 21.9. The summed E-state index contributed by atoms with van der Waals surface area (Å²) in [7, 11) is -2.10. The quantitative estimate of drug-likeness (QED) is 0.0218. The maximum atomic E-state index is 9.13. The van der Waals surface area contributed by atoms with Crippen molar-refractivity contribution in [3.8, 4) is 0 Å². The van der Waals surface area contributed by atoms with E-state index in [1.807, 2.05) is 0 Å². The molecule has 3 heterocycles. The Morgan fingerprint density at radius 2 is 1.45 bits per heavy atom. The molecule has 0 bridgehead atoms. The summed E-state index contributed by atoms with van der Waals surface area (Å²) >= 11 is 6.52. The molecule has 2 aromatic heterocycles. The highest BCUT2D eigenvalue weighted by Crippen LogP contribution is 2.35. The zero-order valence-corrected chi connectivity index (χ0v) is 38.1. The van der Waals surface area contributed by atoms with Crippen LogP contribution >= 0.6 is 20.0 Å². The average Bonchev–Trinajstić information content (AvgIpc) is 4.06. The first-order chi connectivity index (χ1) is 30.5. The van der Waals surface area contributed by atoms with Gasteiger partial charge in [0.2, 0.25) is 5.28 Å². The molecule has 0 radical (unpaired) electrons. The number of hydrogen-bond acceptors (Lipinski definition) is 19. The lowest BCUT2D eigenvalue weighted by Crippen LogP contribution is -2.33. The number of rotatable bonds is 38. The number of hydrazone groups is 1. The van der Waals surface area contributed by atoms with Crippen molar-refractivity contribution in [3.63, 3.8) is 0 Å². The summed E-state index contributed by atoms with van der Waals surface area (Å²) in [5, 5.41) is 9.31. The minimum atomic E-state index is -2.10.